The molecule has 1 atom stereocenters. The molecule has 0 radical (unpaired) electrons. The first kappa shape index (κ1) is 19.4. The normalized spacial score (nSPS) is 17.1. The third kappa shape index (κ3) is 4.86. The zero-order valence-corrected chi connectivity index (χ0v) is 16.5. The molecular formula is C21H25ClN2O3. The zero-order valence-electron chi connectivity index (χ0n) is 15.7. The highest BCUT2D eigenvalue weighted by Gasteiger charge is 2.27. The monoisotopic (exact) mass is 388 g/mol. The Morgan fingerprint density at radius 1 is 1.04 bits per heavy atom. The van der Waals surface area contributed by atoms with Gasteiger partial charge in [0.25, 0.3) is 0 Å². The maximum Gasteiger partial charge on any atom is 0.322 e. The molecule has 0 spiro atoms. The van der Waals surface area contributed by atoms with E-state index in [-0.39, 0.29) is 12.1 Å². The van der Waals surface area contributed by atoms with Crippen molar-refractivity contribution in [3.05, 3.63) is 53.1 Å². The number of hydrogen-bond acceptors (Lipinski definition) is 3. The predicted molar refractivity (Wildman–Crippen MR) is 108 cm³/mol. The quantitative estimate of drug-likeness (QED) is 0.751. The Bertz CT molecular complexity index is 757. The van der Waals surface area contributed by atoms with Gasteiger partial charge in [0.1, 0.15) is 11.5 Å². The standard InChI is InChI=1S/C21H25ClN2O3/c1-26-18-12-17(13-19(14-18)27-2)23-21(25)24-11-5-3-4-6-20(24)15-7-9-16(22)10-8-15/h7-10,12-14,20H,3-6,11H2,1-2H3,(H,23,25). The summed E-state index contributed by atoms with van der Waals surface area (Å²) >= 11 is 6.03. The third-order valence-electron chi connectivity index (χ3n) is 4.87. The smallest absolute Gasteiger partial charge is 0.322 e. The lowest BCUT2D eigenvalue weighted by atomic mass is 10.0. The van der Waals surface area contributed by atoms with Crippen molar-refractivity contribution in [1.29, 1.82) is 0 Å². The van der Waals surface area contributed by atoms with Crippen LogP contribution in [0.4, 0.5) is 10.5 Å². The minimum atomic E-state index is -0.118. The molecule has 0 bridgehead atoms. The van der Waals surface area contributed by atoms with Crippen LogP contribution in [0.15, 0.2) is 42.5 Å². The molecule has 27 heavy (non-hydrogen) atoms. The van der Waals surface area contributed by atoms with Gasteiger partial charge in [0.05, 0.1) is 20.3 Å². The fraction of sp³-hybridized carbons (Fsp3) is 0.381. The second-order valence-corrected chi connectivity index (χ2v) is 7.08. The first-order valence-electron chi connectivity index (χ1n) is 9.17. The van der Waals surface area contributed by atoms with Crippen molar-refractivity contribution in [2.75, 3.05) is 26.1 Å². The summed E-state index contributed by atoms with van der Waals surface area (Å²) in [6.45, 7) is 0.722. The van der Waals surface area contributed by atoms with Gasteiger partial charge in [-0.25, -0.2) is 4.79 Å². The first-order chi connectivity index (χ1) is 13.1. The maximum atomic E-state index is 13.1. The van der Waals surface area contributed by atoms with E-state index in [1.165, 1.54) is 0 Å². The Morgan fingerprint density at radius 2 is 1.70 bits per heavy atom. The van der Waals surface area contributed by atoms with E-state index in [1.807, 2.05) is 29.2 Å². The van der Waals surface area contributed by atoms with Gasteiger partial charge in [-0.1, -0.05) is 36.6 Å². The van der Waals surface area contributed by atoms with Crippen LogP contribution >= 0.6 is 11.6 Å². The number of nitrogens with one attached hydrogen (secondary N) is 1. The van der Waals surface area contributed by atoms with E-state index in [4.69, 9.17) is 21.1 Å². The number of rotatable bonds is 4. The van der Waals surface area contributed by atoms with Gasteiger partial charge >= 0.3 is 6.03 Å². The van der Waals surface area contributed by atoms with Crippen molar-refractivity contribution in [2.45, 2.75) is 31.7 Å². The van der Waals surface area contributed by atoms with E-state index in [0.29, 0.717) is 22.2 Å². The molecule has 1 aliphatic rings. The minimum Gasteiger partial charge on any atom is -0.497 e. The fourth-order valence-electron chi connectivity index (χ4n) is 3.46. The Labute approximate surface area is 165 Å². The molecule has 1 fully saturated rings. The Morgan fingerprint density at radius 3 is 2.33 bits per heavy atom. The van der Waals surface area contributed by atoms with Crippen LogP contribution in [0.2, 0.25) is 5.02 Å². The summed E-state index contributed by atoms with van der Waals surface area (Å²) in [6.07, 6.45) is 4.17. The molecule has 144 valence electrons. The highest BCUT2D eigenvalue weighted by Crippen LogP contribution is 2.32. The molecule has 2 aromatic rings. The number of urea groups is 1. The van der Waals surface area contributed by atoms with Crippen molar-refractivity contribution in [3.8, 4) is 11.5 Å². The van der Waals surface area contributed by atoms with Crippen LogP contribution in [0.5, 0.6) is 11.5 Å². The molecular weight excluding hydrogens is 364 g/mol. The van der Waals surface area contributed by atoms with Crippen molar-refractivity contribution in [3.63, 3.8) is 0 Å². The van der Waals surface area contributed by atoms with Crippen LogP contribution in [0.25, 0.3) is 0 Å². The molecule has 0 saturated carbocycles. The molecule has 1 aliphatic heterocycles. The first-order valence-corrected chi connectivity index (χ1v) is 9.54. The van der Waals surface area contributed by atoms with Crippen LogP contribution in [0.1, 0.15) is 37.3 Å². The number of carbonyl (C=O) groups is 1. The molecule has 1 N–H and O–H groups in total. The molecule has 0 aliphatic carbocycles. The summed E-state index contributed by atoms with van der Waals surface area (Å²) in [5, 5.41) is 3.70. The highest BCUT2D eigenvalue weighted by atomic mass is 35.5. The Hall–Kier alpha value is -2.40. The highest BCUT2D eigenvalue weighted by molar-refractivity contribution is 6.30. The summed E-state index contributed by atoms with van der Waals surface area (Å²) < 4.78 is 10.6. The van der Waals surface area contributed by atoms with Crippen LogP contribution in [0, 0.1) is 0 Å². The van der Waals surface area contributed by atoms with Gasteiger partial charge in [0, 0.05) is 35.5 Å². The van der Waals surface area contributed by atoms with Crippen molar-refractivity contribution in [2.24, 2.45) is 0 Å². The second-order valence-electron chi connectivity index (χ2n) is 6.64. The number of nitrogens with zero attached hydrogens (tertiary/aromatic N) is 1. The number of halogens is 1. The predicted octanol–water partition coefficient (Wildman–Crippen LogP) is 5.51. The maximum absolute atomic E-state index is 13.1. The number of benzene rings is 2. The lowest BCUT2D eigenvalue weighted by molar-refractivity contribution is 0.189. The fourth-order valence-corrected chi connectivity index (χ4v) is 3.58. The number of hydrogen-bond donors (Lipinski definition) is 1. The topological polar surface area (TPSA) is 50.8 Å². The van der Waals surface area contributed by atoms with Gasteiger partial charge in [-0.15, -0.1) is 0 Å². The summed E-state index contributed by atoms with van der Waals surface area (Å²) in [5.74, 6) is 1.27. The summed E-state index contributed by atoms with van der Waals surface area (Å²) in [4.78, 5) is 15.0. The van der Waals surface area contributed by atoms with E-state index in [1.54, 1.807) is 32.4 Å². The van der Waals surface area contributed by atoms with E-state index < -0.39 is 0 Å². The summed E-state index contributed by atoms with van der Waals surface area (Å²) in [6, 6.07) is 13.0. The van der Waals surface area contributed by atoms with E-state index >= 15 is 0 Å². The molecule has 2 amide bonds. The average molecular weight is 389 g/mol. The zero-order chi connectivity index (χ0) is 19.2. The lowest BCUT2D eigenvalue weighted by Gasteiger charge is -2.30. The average Bonchev–Trinajstić information content (AvgIpc) is 2.94. The van der Waals surface area contributed by atoms with Crippen LogP contribution in [-0.2, 0) is 0 Å². The van der Waals surface area contributed by atoms with Crippen LogP contribution in [-0.4, -0.2) is 31.7 Å². The molecule has 3 rings (SSSR count). The minimum absolute atomic E-state index is 0.0391. The number of amides is 2. The molecule has 5 nitrogen and oxygen atoms in total. The number of likely N-dealkylation sites (tertiary alicyclic amines) is 1. The van der Waals surface area contributed by atoms with Crippen molar-refractivity contribution >= 4 is 23.3 Å². The van der Waals surface area contributed by atoms with E-state index in [9.17, 15) is 4.79 Å². The van der Waals surface area contributed by atoms with Gasteiger partial charge in [-0.2, -0.15) is 0 Å². The number of anilines is 1. The van der Waals surface area contributed by atoms with Gasteiger partial charge in [0.15, 0.2) is 0 Å². The van der Waals surface area contributed by atoms with Gasteiger partial charge < -0.3 is 19.7 Å². The second kappa shape index (κ2) is 9.00. The van der Waals surface area contributed by atoms with Crippen LogP contribution in [0.3, 0.4) is 0 Å². The summed E-state index contributed by atoms with van der Waals surface area (Å²) in [5.41, 5.74) is 1.76. The number of carbonyl (C=O) groups excluding carboxylic acids is 1. The molecule has 6 heteroatoms. The number of ether oxygens (including phenoxy) is 2. The Kier molecular flexibility index (Phi) is 6.45. The largest absolute Gasteiger partial charge is 0.497 e. The van der Waals surface area contributed by atoms with Gasteiger partial charge in [-0.3, -0.25) is 0 Å². The van der Waals surface area contributed by atoms with Crippen molar-refractivity contribution < 1.29 is 14.3 Å². The van der Waals surface area contributed by atoms with Crippen molar-refractivity contribution in [1.82, 2.24) is 4.90 Å². The molecule has 1 saturated heterocycles. The van der Waals surface area contributed by atoms with Crippen LogP contribution < -0.4 is 14.8 Å². The van der Waals surface area contributed by atoms with Gasteiger partial charge in [-0.05, 0) is 30.5 Å². The number of methoxy groups -OCH3 is 2. The SMILES string of the molecule is COc1cc(NC(=O)N2CCCCCC2c2ccc(Cl)cc2)cc(OC)c1. The van der Waals surface area contributed by atoms with Gasteiger partial charge in [0.2, 0.25) is 0 Å². The Balaban J connectivity index is 1.83. The third-order valence-corrected chi connectivity index (χ3v) is 5.12. The van der Waals surface area contributed by atoms with E-state index in [0.717, 1.165) is 37.8 Å². The summed E-state index contributed by atoms with van der Waals surface area (Å²) in [7, 11) is 3.18. The molecule has 0 aromatic heterocycles. The van der Waals surface area contributed by atoms with E-state index in [2.05, 4.69) is 5.32 Å². The molecule has 1 heterocycles. The lowest BCUT2D eigenvalue weighted by Crippen LogP contribution is -2.38. The molecule has 2 aromatic carbocycles. The molecule has 1 unspecified atom stereocenters.